The van der Waals surface area contributed by atoms with Crippen LogP contribution in [-0.2, 0) is 9.53 Å². The second-order valence-electron chi connectivity index (χ2n) is 12.1. The third kappa shape index (κ3) is 22.4. The number of rotatable bonds is 29. The van der Waals surface area contributed by atoms with Crippen molar-refractivity contribution < 1.29 is 14.3 Å². The molecule has 41 heavy (non-hydrogen) atoms. The average Bonchev–Trinajstić information content (AvgIpc) is 2.98. The molecule has 0 aliphatic heterocycles. The summed E-state index contributed by atoms with van der Waals surface area (Å²) in [4.78, 5) is 25.1. The second kappa shape index (κ2) is 28.3. The molecule has 0 fully saturated rings. The van der Waals surface area contributed by atoms with E-state index in [4.69, 9.17) is 4.74 Å². The Hall–Kier alpha value is -1.84. The highest BCUT2D eigenvalue weighted by Crippen LogP contribution is 2.18. The molecule has 0 heterocycles. The van der Waals surface area contributed by atoms with Gasteiger partial charge in [-0.15, -0.1) is 0 Å². The molecule has 0 radical (unpaired) electrons. The van der Waals surface area contributed by atoms with E-state index in [0.717, 1.165) is 25.7 Å². The number of esters is 1. The zero-order valence-electron chi connectivity index (χ0n) is 27.1. The molecule has 1 amide bonds. The van der Waals surface area contributed by atoms with Crippen LogP contribution >= 0.6 is 0 Å². The van der Waals surface area contributed by atoms with Crippen molar-refractivity contribution in [3.63, 3.8) is 0 Å². The lowest BCUT2D eigenvalue weighted by Gasteiger charge is -2.11. The first-order valence-corrected chi connectivity index (χ1v) is 17.7. The van der Waals surface area contributed by atoms with Crippen LogP contribution in [0.15, 0.2) is 24.3 Å². The number of benzene rings is 1. The molecule has 0 unspecified atom stereocenters. The van der Waals surface area contributed by atoms with Crippen LogP contribution in [0.2, 0.25) is 0 Å². The Labute approximate surface area is 254 Å². The maximum atomic E-state index is 12.7. The molecule has 1 rings (SSSR count). The minimum Gasteiger partial charge on any atom is -0.462 e. The highest BCUT2D eigenvalue weighted by molar-refractivity contribution is 6.01. The van der Waals surface area contributed by atoms with Crippen LogP contribution < -0.4 is 5.32 Å². The molecule has 0 saturated carbocycles. The number of para-hydroxylation sites is 1. The van der Waals surface area contributed by atoms with E-state index in [0.29, 0.717) is 24.3 Å². The maximum Gasteiger partial charge on any atom is 0.340 e. The van der Waals surface area contributed by atoms with Crippen LogP contribution in [0.4, 0.5) is 5.69 Å². The fourth-order valence-electron chi connectivity index (χ4n) is 5.47. The van der Waals surface area contributed by atoms with Crippen molar-refractivity contribution in [2.24, 2.45) is 0 Å². The van der Waals surface area contributed by atoms with Gasteiger partial charge in [-0.3, -0.25) is 4.79 Å². The Morgan fingerprint density at radius 3 is 1.39 bits per heavy atom. The number of anilines is 1. The number of hydrogen-bond acceptors (Lipinski definition) is 3. The summed E-state index contributed by atoms with van der Waals surface area (Å²) < 4.78 is 5.54. The van der Waals surface area contributed by atoms with Gasteiger partial charge in [0.15, 0.2) is 0 Å². The van der Waals surface area contributed by atoms with Gasteiger partial charge in [-0.2, -0.15) is 0 Å². The molecule has 0 saturated heterocycles. The Morgan fingerprint density at radius 1 is 0.537 bits per heavy atom. The highest BCUT2D eigenvalue weighted by atomic mass is 16.5. The Morgan fingerprint density at radius 2 is 0.927 bits per heavy atom. The third-order valence-corrected chi connectivity index (χ3v) is 8.16. The van der Waals surface area contributed by atoms with Crippen molar-refractivity contribution in [1.82, 2.24) is 0 Å². The Balaban J connectivity index is 2.04. The van der Waals surface area contributed by atoms with E-state index in [1.54, 1.807) is 12.1 Å². The van der Waals surface area contributed by atoms with Crippen LogP contribution in [0.3, 0.4) is 0 Å². The first kappa shape index (κ1) is 37.2. The molecule has 1 aromatic carbocycles. The summed E-state index contributed by atoms with van der Waals surface area (Å²) in [5.41, 5.74) is 1.01. The summed E-state index contributed by atoms with van der Waals surface area (Å²) in [6.45, 7) is 4.97. The number of carbonyl (C=O) groups is 2. The first-order chi connectivity index (χ1) is 20.2. The molecular weight excluding hydrogens is 506 g/mol. The fourth-order valence-corrected chi connectivity index (χ4v) is 5.47. The zero-order chi connectivity index (χ0) is 29.6. The number of ether oxygens (including phenoxy) is 1. The average molecular weight is 572 g/mol. The molecule has 0 aromatic heterocycles. The Kier molecular flexibility index (Phi) is 25.7. The summed E-state index contributed by atoms with van der Waals surface area (Å²) in [5.74, 6) is -0.365. The van der Waals surface area contributed by atoms with E-state index in [2.05, 4.69) is 19.2 Å². The molecule has 236 valence electrons. The van der Waals surface area contributed by atoms with Gasteiger partial charge >= 0.3 is 5.97 Å². The van der Waals surface area contributed by atoms with Crippen molar-refractivity contribution in [2.45, 2.75) is 181 Å². The molecule has 4 nitrogen and oxygen atoms in total. The minimum absolute atomic E-state index is 0.0222. The van der Waals surface area contributed by atoms with E-state index >= 15 is 0 Å². The summed E-state index contributed by atoms with van der Waals surface area (Å²) in [7, 11) is 0. The van der Waals surface area contributed by atoms with Crippen molar-refractivity contribution in [2.75, 3.05) is 11.9 Å². The number of unbranched alkanes of at least 4 members (excludes halogenated alkanes) is 23. The van der Waals surface area contributed by atoms with Crippen LogP contribution in [0.25, 0.3) is 0 Å². The normalized spacial score (nSPS) is 11.1. The monoisotopic (exact) mass is 571 g/mol. The summed E-state index contributed by atoms with van der Waals surface area (Å²) >= 11 is 0. The lowest BCUT2D eigenvalue weighted by molar-refractivity contribution is -0.116. The SMILES string of the molecule is CCCCCCCCCCCCCCCCCCOC(=O)c1ccccc1NC(=O)CCCCCCCCCCC. The van der Waals surface area contributed by atoms with Gasteiger partial charge in [0.2, 0.25) is 5.91 Å². The van der Waals surface area contributed by atoms with Crippen LogP contribution in [0.1, 0.15) is 191 Å². The van der Waals surface area contributed by atoms with Gasteiger partial charge in [0.05, 0.1) is 17.9 Å². The molecule has 0 bridgehead atoms. The largest absolute Gasteiger partial charge is 0.462 e. The minimum atomic E-state index is -0.343. The molecule has 1 aromatic rings. The third-order valence-electron chi connectivity index (χ3n) is 8.16. The van der Waals surface area contributed by atoms with Crippen LogP contribution in [-0.4, -0.2) is 18.5 Å². The predicted octanol–water partition coefficient (Wildman–Crippen LogP) is 12.0. The molecule has 4 heteroatoms. The second-order valence-corrected chi connectivity index (χ2v) is 12.1. The maximum absolute atomic E-state index is 12.7. The van der Waals surface area contributed by atoms with E-state index < -0.39 is 0 Å². The van der Waals surface area contributed by atoms with E-state index in [9.17, 15) is 9.59 Å². The van der Waals surface area contributed by atoms with Gasteiger partial charge in [0.1, 0.15) is 0 Å². The summed E-state index contributed by atoms with van der Waals surface area (Å²) in [6, 6.07) is 7.20. The van der Waals surface area contributed by atoms with E-state index in [-0.39, 0.29) is 11.9 Å². The zero-order valence-corrected chi connectivity index (χ0v) is 27.1. The molecule has 0 spiro atoms. The summed E-state index contributed by atoms with van der Waals surface area (Å²) in [6.07, 6.45) is 32.8. The van der Waals surface area contributed by atoms with Crippen molar-refractivity contribution in [1.29, 1.82) is 0 Å². The standard InChI is InChI=1S/C37H65NO3/c1-3-5-7-9-11-13-14-15-16-17-18-19-21-23-25-29-33-41-37(40)34-30-27-28-31-35(34)38-36(39)32-26-24-22-20-12-10-8-6-4-2/h27-28,30-31H,3-26,29,32-33H2,1-2H3,(H,38,39). The van der Waals surface area contributed by atoms with Gasteiger partial charge in [0, 0.05) is 6.42 Å². The predicted molar refractivity (Wildman–Crippen MR) is 177 cm³/mol. The molecule has 0 atom stereocenters. The number of carbonyl (C=O) groups excluding carboxylic acids is 2. The lowest BCUT2D eigenvalue weighted by Crippen LogP contribution is -2.15. The highest BCUT2D eigenvalue weighted by Gasteiger charge is 2.14. The van der Waals surface area contributed by atoms with Crippen molar-refractivity contribution in [3.05, 3.63) is 29.8 Å². The fraction of sp³-hybridized carbons (Fsp3) is 0.784. The van der Waals surface area contributed by atoms with Crippen LogP contribution in [0.5, 0.6) is 0 Å². The first-order valence-electron chi connectivity index (χ1n) is 17.7. The lowest BCUT2D eigenvalue weighted by atomic mass is 10.0. The topological polar surface area (TPSA) is 55.4 Å². The quantitative estimate of drug-likeness (QED) is 0.0768. The van der Waals surface area contributed by atoms with Gasteiger partial charge in [-0.05, 0) is 25.0 Å². The van der Waals surface area contributed by atoms with Crippen molar-refractivity contribution in [3.8, 4) is 0 Å². The number of amides is 1. The van der Waals surface area contributed by atoms with E-state index in [1.165, 1.54) is 135 Å². The number of nitrogens with one attached hydrogen (secondary N) is 1. The van der Waals surface area contributed by atoms with E-state index in [1.807, 2.05) is 12.1 Å². The van der Waals surface area contributed by atoms with Gasteiger partial charge < -0.3 is 10.1 Å². The van der Waals surface area contributed by atoms with Gasteiger partial charge in [0.25, 0.3) is 0 Å². The Bertz CT molecular complexity index is 747. The van der Waals surface area contributed by atoms with Gasteiger partial charge in [-0.25, -0.2) is 4.79 Å². The molecule has 1 N–H and O–H groups in total. The smallest absolute Gasteiger partial charge is 0.340 e. The molecule has 0 aliphatic rings. The summed E-state index contributed by atoms with van der Waals surface area (Å²) in [5, 5.41) is 2.94. The number of hydrogen-bond donors (Lipinski definition) is 1. The molecular formula is C37H65NO3. The molecule has 0 aliphatic carbocycles. The van der Waals surface area contributed by atoms with Gasteiger partial charge in [-0.1, -0.05) is 174 Å². The van der Waals surface area contributed by atoms with Crippen LogP contribution in [0, 0.1) is 0 Å². The van der Waals surface area contributed by atoms with Crippen molar-refractivity contribution >= 4 is 17.6 Å².